The highest BCUT2D eigenvalue weighted by molar-refractivity contribution is 7.15. The van der Waals surface area contributed by atoms with Crippen LogP contribution in [0.3, 0.4) is 0 Å². The summed E-state index contributed by atoms with van der Waals surface area (Å²) in [6, 6.07) is 3.95. The lowest BCUT2D eigenvalue weighted by Gasteiger charge is -2.03. The second kappa shape index (κ2) is 5.09. The number of hydrogen-bond donors (Lipinski definition) is 2. The molecule has 17 heavy (non-hydrogen) atoms. The topological polar surface area (TPSA) is 58.0 Å². The summed E-state index contributed by atoms with van der Waals surface area (Å²) in [5.41, 5.74) is 0.663. The van der Waals surface area contributed by atoms with Crippen molar-refractivity contribution in [3.8, 4) is 5.75 Å². The van der Waals surface area contributed by atoms with Gasteiger partial charge in [-0.25, -0.2) is 4.39 Å². The van der Waals surface area contributed by atoms with Crippen molar-refractivity contribution in [1.82, 2.24) is 10.2 Å². The molecule has 0 amide bonds. The third kappa shape index (κ3) is 3.13. The molecule has 0 radical (unpaired) electrons. The molecule has 2 N–H and O–H groups in total. The Labute approximate surface area is 102 Å². The molecule has 0 aliphatic rings. The first-order valence-electron chi connectivity index (χ1n) is 5.22. The van der Waals surface area contributed by atoms with Crippen molar-refractivity contribution in [2.45, 2.75) is 19.9 Å². The molecule has 1 heterocycles. The number of nitrogens with one attached hydrogen (secondary N) is 1. The van der Waals surface area contributed by atoms with Gasteiger partial charge in [0, 0.05) is 12.6 Å². The maximum absolute atomic E-state index is 13.0. The van der Waals surface area contributed by atoms with Crippen molar-refractivity contribution < 1.29 is 9.50 Å². The largest absolute Gasteiger partial charge is 0.508 e. The number of aromatic nitrogens is 2. The van der Waals surface area contributed by atoms with Gasteiger partial charge in [-0.2, -0.15) is 0 Å². The average Bonchev–Trinajstić information content (AvgIpc) is 2.73. The predicted octanol–water partition coefficient (Wildman–Crippen LogP) is 2.56. The maximum Gasteiger partial charge on any atom is 0.205 e. The highest BCUT2D eigenvalue weighted by Crippen LogP contribution is 2.18. The molecule has 0 atom stereocenters. The Balaban J connectivity index is 2.01. The van der Waals surface area contributed by atoms with Gasteiger partial charge >= 0.3 is 0 Å². The first-order valence-corrected chi connectivity index (χ1v) is 6.03. The van der Waals surface area contributed by atoms with Crippen molar-refractivity contribution in [1.29, 1.82) is 0 Å². The average molecular weight is 253 g/mol. The van der Waals surface area contributed by atoms with E-state index in [-0.39, 0.29) is 5.75 Å². The Morgan fingerprint density at radius 2 is 2.18 bits per heavy atom. The molecular weight excluding hydrogens is 241 g/mol. The Bertz CT molecular complexity index is 495. The van der Waals surface area contributed by atoms with E-state index < -0.39 is 5.82 Å². The molecule has 0 fully saturated rings. The van der Waals surface area contributed by atoms with Crippen LogP contribution in [0.4, 0.5) is 9.52 Å². The quantitative estimate of drug-likeness (QED) is 0.879. The van der Waals surface area contributed by atoms with Gasteiger partial charge in [0.25, 0.3) is 0 Å². The molecule has 90 valence electrons. The number of halogens is 1. The minimum Gasteiger partial charge on any atom is -0.508 e. The maximum atomic E-state index is 13.0. The number of rotatable bonds is 4. The third-order valence-electron chi connectivity index (χ3n) is 2.16. The van der Waals surface area contributed by atoms with E-state index in [2.05, 4.69) is 15.5 Å². The van der Waals surface area contributed by atoms with Crippen molar-refractivity contribution >= 4 is 16.5 Å². The lowest BCUT2D eigenvalue weighted by molar-refractivity contribution is 0.468. The molecule has 1 aromatic heterocycles. The summed E-state index contributed by atoms with van der Waals surface area (Å²) in [7, 11) is 0. The summed E-state index contributed by atoms with van der Waals surface area (Å²) in [4.78, 5) is 0. The van der Waals surface area contributed by atoms with E-state index in [4.69, 9.17) is 0 Å². The summed E-state index contributed by atoms with van der Waals surface area (Å²) in [5.74, 6) is -0.526. The summed E-state index contributed by atoms with van der Waals surface area (Å²) in [5, 5.41) is 21.8. The minimum atomic E-state index is -0.451. The fourth-order valence-corrected chi connectivity index (χ4v) is 2.06. The van der Waals surface area contributed by atoms with Crippen LogP contribution in [0.15, 0.2) is 18.2 Å². The monoisotopic (exact) mass is 253 g/mol. The summed E-state index contributed by atoms with van der Waals surface area (Å²) < 4.78 is 13.0. The van der Waals surface area contributed by atoms with E-state index in [9.17, 15) is 9.50 Å². The molecule has 4 nitrogen and oxygen atoms in total. The van der Waals surface area contributed by atoms with Crippen LogP contribution in [0.5, 0.6) is 5.75 Å². The Kier molecular flexibility index (Phi) is 3.53. The van der Waals surface area contributed by atoms with Crippen LogP contribution >= 0.6 is 11.3 Å². The Morgan fingerprint density at radius 3 is 2.82 bits per heavy atom. The number of anilines is 1. The number of phenols is 1. The van der Waals surface area contributed by atoms with Crippen LogP contribution < -0.4 is 5.32 Å². The zero-order valence-corrected chi connectivity index (χ0v) is 10.1. The molecule has 0 saturated carbocycles. The normalized spacial score (nSPS) is 10.5. The number of nitrogens with zero attached hydrogens (tertiary/aromatic N) is 2. The minimum absolute atomic E-state index is 0.0756. The van der Waals surface area contributed by atoms with Gasteiger partial charge in [0.15, 0.2) is 0 Å². The van der Waals surface area contributed by atoms with Gasteiger partial charge in [-0.3, -0.25) is 0 Å². The zero-order chi connectivity index (χ0) is 12.3. The number of aryl methyl sites for hydroxylation is 1. The SMILES string of the molecule is CCc1nnc(NCc2cc(O)cc(F)c2)s1. The number of hydrogen-bond acceptors (Lipinski definition) is 5. The number of phenolic OH excluding ortho intramolecular Hbond substituents is 1. The molecule has 2 rings (SSSR count). The molecule has 0 aliphatic carbocycles. The third-order valence-corrected chi connectivity index (χ3v) is 3.18. The van der Waals surface area contributed by atoms with Crippen LogP contribution in [-0.2, 0) is 13.0 Å². The standard InChI is InChI=1S/C11H12FN3OS/c1-2-10-14-15-11(17-10)13-6-7-3-8(12)5-9(16)4-7/h3-5,16H,2,6H2,1H3,(H,13,15). The fourth-order valence-electron chi connectivity index (χ4n) is 1.38. The molecular formula is C11H12FN3OS. The zero-order valence-electron chi connectivity index (χ0n) is 9.27. The smallest absolute Gasteiger partial charge is 0.205 e. The predicted molar refractivity (Wildman–Crippen MR) is 64.7 cm³/mol. The van der Waals surface area contributed by atoms with Crippen LogP contribution in [-0.4, -0.2) is 15.3 Å². The van der Waals surface area contributed by atoms with E-state index in [1.807, 2.05) is 6.92 Å². The second-order valence-corrected chi connectivity index (χ2v) is 4.59. The van der Waals surface area contributed by atoms with Gasteiger partial charge in [-0.15, -0.1) is 10.2 Å². The summed E-state index contributed by atoms with van der Waals surface area (Å²) in [6.07, 6.45) is 0.847. The van der Waals surface area contributed by atoms with Gasteiger partial charge in [0.1, 0.15) is 16.6 Å². The van der Waals surface area contributed by atoms with Gasteiger partial charge in [0.2, 0.25) is 5.13 Å². The highest BCUT2D eigenvalue weighted by Gasteiger charge is 2.03. The molecule has 0 spiro atoms. The lowest BCUT2D eigenvalue weighted by atomic mass is 10.2. The van der Waals surface area contributed by atoms with E-state index in [1.165, 1.54) is 23.5 Å². The Morgan fingerprint density at radius 1 is 1.35 bits per heavy atom. The van der Waals surface area contributed by atoms with Crippen molar-refractivity contribution in [2.75, 3.05) is 5.32 Å². The first-order chi connectivity index (χ1) is 8.17. The lowest BCUT2D eigenvalue weighted by Crippen LogP contribution is -1.99. The van der Waals surface area contributed by atoms with Crippen molar-refractivity contribution in [3.63, 3.8) is 0 Å². The Hall–Kier alpha value is -1.69. The second-order valence-electron chi connectivity index (χ2n) is 3.53. The fraction of sp³-hybridized carbons (Fsp3) is 0.273. The van der Waals surface area contributed by atoms with E-state index in [0.717, 1.165) is 17.5 Å². The molecule has 1 aromatic carbocycles. The summed E-state index contributed by atoms with van der Waals surface area (Å²) >= 11 is 1.47. The van der Waals surface area contributed by atoms with Crippen LogP contribution in [0, 0.1) is 5.82 Å². The van der Waals surface area contributed by atoms with E-state index >= 15 is 0 Å². The molecule has 6 heteroatoms. The van der Waals surface area contributed by atoms with E-state index in [0.29, 0.717) is 17.2 Å². The van der Waals surface area contributed by atoms with Crippen molar-refractivity contribution in [3.05, 3.63) is 34.6 Å². The van der Waals surface area contributed by atoms with Gasteiger partial charge < -0.3 is 10.4 Å². The van der Waals surface area contributed by atoms with Gasteiger partial charge in [-0.1, -0.05) is 18.3 Å². The molecule has 0 aliphatic heterocycles. The molecule has 2 aromatic rings. The van der Waals surface area contributed by atoms with Crippen molar-refractivity contribution in [2.24, 2.45) is 0 Å². The first kappa shape index (κ1) is 11.8. The summed E-state index contributed by atoms with van der Waals surface area (Å²) in [6.45, 7) is 2.42. The van der Waals surface area contributed by atoms with Crippen LogP contribution in [0.1, 0.15) is 17.5 Å². The highest BCUT2D eigenvalue weighted by atomic mass is 32.1. The molecule has 0 saturated heterocycles. The molecule has 0 bridgehead atoms. The molecule has 0 unspecified atom stereocenters. The number of aromatic hydroxyl groups is 1. The van der Waals surface area contributed by atoms with Crippen LogP contribution in [0.25, 0.3) is 0 Å². The number of benzene rings is 1. The van der Waals surface area contributed by atoms with Gasteiger partial charge in [0.05, 0.1) is 0 Å². The van der Waals surface area contributed by atoms with E-state index in [1.54, 1.807) is 0 Å². The van der Waals surface area contributed by atoms with Crippen LogP contribution in [0.2, 0.25) is 0 Å². The van der Waals surface area contributed by atoms with Gasteiger partial charge in [-0.05, 0) is 24.1 Å².